The third kappa shape index (κ3) is 6.56. The zero-order valence-corrected chi connectivity index (χ0v) is 10.4. The number of hydrogen-bond acceptors (Lipinski definition) is 7. The Bertz CT molecular complexity index is 299. The number of ether oxygens (including phenoxy) is 1. The van der Waals surface area contributed by atoms with Gasteiger partial charge in [0.15, 0.2) is 0 Å². The van der Waals surface area contributed by atoms with Gasteiger partial charge in [-0.2, -0.15) is 0 Å². The SMILES string of the molecule is O.O=C1C=C[C@@H]([C@@H](O)COP(=O)([O-])[O-])O1.[Mg+2]. The minimum Gasteiger partial charge on any atom is -0.790 e. The van der Waals surface area contributed by atoms with Crippen LogP contribution in [0, 0.1) is 0 Å². The smallest absolute Gasteiger partial charge is 0.790 e. The Labute approximate surface area is 107 Å². The van der Waals surface area contributed by atoms with E-state index in [1.807, 2.05) is 0 Å². The normalized spacial score (nSPS) is 20.7. The fraction of sp³-hybridized carbons (Fsp3) is 0.500. The fourth-order valence-corrected chi connectivity index (χ4v) is 1.19. The number of rotatable bonds is 4. The Morgan fingerprint density at radius 2 is 2.19 bits per heavy atom. The van der Waals surface area contributed by atoms with E-state index in [2.05, 4.69) is 9.26 Å². The molecule has 0 aromatic rings. The van der Waals surface area contributed by atoms with Crippen molar-refractivity contribution in [3.8, 4) is 0 Å². The summed E-state index contributed by atoms with van der Waals surface area (Å²) in [4.78, 5) is 30.6. The van der Waals surface area contributed by atoms with Crippen LogP contribution in [-0.4, -0.2) is 58.4 Å². The van der Waals surface area contributed by atoms with Gasteiger partial charge in [0.05, 0.1) is 14.4 Å². The molecule has 2 atom stereocenters. The van der Waals surface area contributed by atoms with Gasteiger partial charge in [-0.25, -0.2) is 4.79 Å². The minimum absolute atomic E-state index is 0. The van der Waals surface area contributed by atoms with Crippen molar-refractivity contribution in [2.45, 2.75) is 12.2 Å². The first kappa shape index (κ1) is 18.4. The van der Waals surface area contributed by atoms with Gasteiger partial charge in [-0.05, 0) is 6.08 Å². The van der Waals surface area contributed by atoms with Crippen LogP contribution < -0.4 is 9.79 Å². The van der Waals surface area contributed by atoms with Crippen molar-refractivity contribution < 1.29 is 39.0 Å². The maximum atomic E-state index is 10.5. The van der Waals surface area contributed by atoms with Crippen LogP contribution in [0.15, 0.2) is 12.2 Å². The van der Waals surface area contributed by atoms with Crippen LogP contribution in [0.1, 0.15) is 0 Å². The van der Waals surface area contributed by atoms with Gasteiger partial charge < -0.3 is 34.2 Å². The number of hydrogen-bond donors (Lipinski definition) is 1. The zero-order chi connectivity index (χ0) is 10.8. The third-order valence-corrected chi connectivity index (χ3v) is 1.92. The summed E-state index contributed by atoms with van der Waals surface area (Å²) in [6.07, 6.45) is 0.00153. The van der Waals surface area contributed by atoms with Crippen LogP contribution in [0.4, 0.5) is 0 Å². The molecule has 1 heterocycles. The van der Waals surface area contributed by atoms with Crippen molar-refractivity contribution in [3.63, 3.8) is 0 Å². The molecule has 16 heavy (non-hydrogen) atoms. The summed E-state index contributed by atoms with van der Waals surface area (Å²) in [5.74, 6) is -0.638. The van der Waals surface area contributed by atoms with E-state index in [0.29, 0.717) is 0 Å². The number of carbonyl (C=O) groups excluding carboxylic acids is 1. The molecule has 0 saturated heterocycles. The molecule has 1 rings (SSSR count). The number of carbonyl (C=O) groups is 1. The first-order valence-corrected chi connectivity index (χ1v) is 5.08. The molecule has 0 spiro atoms. The summed E-state index contributed by atoms with van der Waals surface area (Å²) in [5, 5.41) is 9.18. The number of phosphoric acid groups is 1. The summed E-state index contributed by atoms with van der Waals surface area (Å²) in [5.41, 5.74) is 0. The number of phosphoric ester groups is 1. The van der Waals surface area contributed by atoms with E-state index in [1.54, 1.807) is 0 Å². The second kappa shape index (κ2) is 7.36. The quantitative estimate of drug-likeness (QED) is 0.314. The van der Waals surface area contributed by atoms with Gasteiger partial charge in [0.25, 0.3) is 0 Å². The van der Waals surface area contributed by atoms with E-state index in [9.17, 15) is 24.3 Å². The average Bonchev–Trinajstić information content (AvgIpc) is 2.46. The number of aliphatic hydroxyl groups is 1. The molecule has 1 aliphatic heterocycles. The van der Waals surface area contributed by atoms with Crippen LogP contribution >= 0.6 is 7.82 Å². The Morgan fingerprint density at radius 1 is 1.62 bits per heavy atom. The molecule has 0 aliphatic carbocycles. The van der Waals surface area contributed by atoms with Gasteiger partial charge in [-0.3, -0.25) is 0 Å². The molecular weight excluding hydrogens is 255 g/mol. The van der Waals surface area contributed by atoms with E-state index in [1.165, 1.54) is 6.08 Å². The summed E-state index contributed by atoms with van der Waals surface area (Å²) < 4.78 is 18.4. The van der Waals surface area contributed by atoms with Gasteiger partial charge in [-0.1, -0.05) is 0 Å². The van der Waals surface area contributed by atoms with E-state index in [0.717, 1.165) is 6.08 Å². The van der Waals surface area contributed by atoms with Crippen LogP contribution in [-0.2, 0) is 18.6 Å². The molecule has 0 unspecified atom stereocenters. The number of esters is 1. The molecule has 1 aliphatic rings. The molecule has 0 bridgehead atoms. The predicted octanol–water partition coefficient (Wildman–Crippen LogP) is -3.53. The van der Waals surface area contributed by atoms with E-state index in [-0.39, 0.29) is 28.5 Å². The van der Waals surface area contributed by atoms with Crippen molar-refractivity contribution in [2.75, 3.05) is 6.61 Å². The predicted molar refractivity (Wildman–Crippen MR) is 48.0 cm³/mol. The topological polar surface area (TPSA) is 150 Å². The Balaban J connectivity index is 0. The van der Waals surface area contributed by atoms with Gasteiger partial charge in [0.2, 0.25) is 0 Å². The van der Waals surface area contributed by atoms with Crippen molar-refractivity contribution in [1.29, 1.82) is 0 Å². The molecule has 0 radical (unpaired) electrons. The fourth-order valence-electron chi connectivity index (χ4n) is 0.855. The Hall–Kier alpha value is 0.00623. The molecule has 8 nitrogen and oxygen atoms in total. The maximum absolute atomic E-state index is 10.5. The summed E-state index contributed by atoms with van der Waals surface area (Å²) in [6, 6.07) is 0. The van der Waals surface area contributed by atoms with Gasteiger partial charge in [0, 0.05) is 6.08 Å². The molecule has 0 saturated carbocycles. The molecular formula is C6H9MgO8P. The molecule has 3 N–H and O–H groups in total. The molecule has 88 valence electrons. The van der Waals surface area contributed by atoms with Crippen molar-refractivity contribution in [3.05, 3.63) is 12.2 Å². The Kier molecular flexibility index (Phi) is 8.45. The van der Waals surface area contributed by atoms with Crippen LogP contribution in [0.25, 0.3) is 0 Å². The standard InChI is InChI=1S/C6H9O7P.Mg.H2O/c7-4(3-12-14(9,10)11)5-1-2-6(8)13-5;;/h1-2,4-5,7H,3H2,(H2,9,10,11);;1H2/q;+2;/p-2/t4-,5-;;/m0../s1. The molecule has 0 aromatic heterocycles. The number of aliphatic hydroxyl groups excluding tert-OH is 1. The van der Waals surface area contributed by atoms with Gasteiger partial charge in [0.1, 0.15) is 12.2 Å². The van der Waals surface area contributed by atoms with Crippen molar-refractivity contribution in [2.24, 2.45) is 0 Å². The largest absolute Gasteiger partial charge is 2.00 e. The third-order valence-electron chi connectivity index (χ3n) is 1.46. The molecule has 10 heteroatoms. The van der Waals surface area contributed by atoms with E-state index in [4.69, 9.17) is 0 Å². The van der Waals surface area contributed by atoms with Crippen LogP contribution in [0.3, 0.4) is 0 Å². The zero-order valence-electron chi connectivity index (χ0n) is 8.07. The monoisotopic (exact) mass is 264 g/mol. The summed E-state index contributed by atoms with van der Waals surface area (Å²) >= 11 is 0. The first-order valence-electron chi connectivity index (χ1n) is 3.62. The number of cyclic esters (lactones) is 1. The maximum Gasteiger partial charge on any atom is 2.00 e. The minimum atomic E-state index is -5.10. The van der Waals surface area contributed by atoms with Gasteiger partial charge >= 0.3 is 29.0 Å². The summed E-state index contributed by atoms with van der Waals surface area (Å²) in [7, 11) is -5.10. The molecule has 0 aromatic carbocycles. The van der Waals surface area contributed by atoms with E-state index < -0.39 is 32.6 Å². The van der Waals surface area contributed by atoms with E-state index >= 15 is 0 Å². The van der Waals surface area contributed by atoms with Gasteiger partial charge in [-0.15, -0.1) is 0 Å². The molecule has 0 amide bonds. The summed E-state index contributed by atoms with van der Waals surface area (Å²) in [6.45, 7) is -0.730. The Morgan fingerprint density at radius 3 is 2.56 bits per heavy atom. The van der Waals surface area contributed by atoms with Crippen molar-refractivity contribution >= 4 is 36.8 Å². The van der Waals surface area contributed by atoms with Crippen LogP contribution in [0.5, 0.6) is 0 Å². The second-order valence-corrected chi connectivity index (χ2v) is 3.72. The average molecular weight is 264 g/mol. The van der Waals surface area contributed by atoms with Crippen LogP contribution in [0.2, 0.25) is 0 Å². The van der Waals surface area contributed by atoms with Crippen molar-refractivity contribution in [1.82, 2.24) is 0 Å². The molecule has 0 fully saturated rings. The second-order valence-electron chi connectivity index (χ2n) is 2.57. The first-order chi connectivity index (χ1) is 6.38.